The van der Waals surface area contributed by atoms with E-state index in [1.807, 2.05) is 19.1 Å². The zero-order valence-corrected chi connectivity index (χ0v) is 16.0. The minimum Gasteiger partial charge on any atom is -0.508 e. The molecule has 3 N–H and O–H groups in total. The van der Waals surface area contributed by atoms with Crippen molar-refractivity contribution in [2.75, 3.05) is 4.72 Å². The number of phenolic OH excluding ortho intramolecular Hbond substituents is 1. The molecular weight excluding hydrogens is 376 g/mol. The Labute approximate surface area is 163 Å². The van der Waals surface area contributed by atoms with Crippen molar-refractivity contribution in [2.45, 2.75) is 18.4 Å². The molecule has 0 aliphatic rings. The van der Waals surface area contributed by atoms with Crippen LogP contribution in [0.2, 0.25) is 0 Å². The van der Waals surface area contributed by atoms with E-state index in [0.717, 1.165) is 5.56 Å². The fourth-order valence-corrected chi connectivity index (χ4v) is 3.75. The van der Waals surface area contributed by atoms with Gasteiger partial charge in [0.05, 0.1) is 10.6 Å². The van der Waals surface area contributed by atoms with Crippen LogP contribution in [-0.4, -0.2) is 19.4 Å². The van der Waals surface area contributed by atoms with Gasteiger partial charge in [0.15, 0.2) is 0 Å². The highest BCUT2D eigenvalue weighted by molar-refractivity contribution is 7.92. The molecule has 6 nitrogen and oxygen atoms in total. The number of hydrogen-bond donors (Lipinski definition) is 3. The van der Waals surface area contributed by atoms with Crippen LogP contribution in [0.1, 0.15) is 21.5 Å². The van der Waals surface area contributed by atoms with E-state index in [1.165, 1.54) is 24.3 Å². The predicted molar refractivity (Wildman–Crippen MR) is 108 cm³/mol. The van der Waals surface area contributed by atoms with Crippen molar-refractivity contribution in [1.29, 1.82) is 0 Å². The third-order valence-corrected chi connectivity index (χ3v) is 5.63. The molecule has 3 rings (SSSR count). The van der Waals surface area contributed by atoms with Crippen molar-refractivity contribution in [3.05, 3.63) is 89.5 Å². The summed E-state index contributed by atoms with van der Waals surface area (Å²) < 4.78 is 27.6. The van der Waals surface area contributed by atoms with E-state index < -0.39 is 10.0 Å². The number of para-hydroxylation sites is 2. The van der Waals surface area contributed by atoms with Crippen LogP contribution in [0, 0.1) is 6.92 Å². The highest BCUT2D eigenvalue weighted by Gasteiger charge is 2.16. The van der Waals surface area contributed by atoms with Crippen molar-refractivity contribution in [2.24, 2.45) is 0 Å². The molecule has 3 aromatic carbocycles. The lowest BCUT2D eigenvalue weighted by atomic mass is 10.2. The first-order valence-electron chi connectivity index (χ1n) is 8.60. The first-order chi connectivity index (χ1) is 13.4. The van der Waals surface area contributed by atoms with Crippen molar-refractivity contribution in [3.8, 4) is 5.75 Å². The van der Waals surface area contributed by atoms with E-state index in [2.05, 4.69) is 10.0 Å². The summed E-state index contributed by atoms with van der Waals surface area (Å²) in [6.45, 7) is 1.98. The molecule has 0 spiro atoms. The summed E-state index contributed by atoms with van der Waals surface area (Å²) in [6.07, 6.45) is 0. The topological polar surface area (TPSA) is 95.5 Å². The van der Waals surface area contributed by atoms with Gasteiger partial charge in [0.1, 0.15) is 5.75 Å². The zero-order valence-electron chi connectivity index (χ0n) is 15.2. The van der Waals surface area contributed by atoms with E-state index in [-0.39, 0.29) is 23.1 Å². The van der Waals surface area contributed by atoms with Gasteiger partial charge >= 0.3 is 0 Å². The SMILES string of the molecule is Cc1ccccc1NS(=O)(=O)c1ccc(C(=O)NCc2ccccc2O)cc1. The quantitative estimate of drug-likeness (QED) is 0.595. The largest absolute Gasteiger partial charge is 0.508 e. The average Bonchev–Trinajstić information content (AvgIpc) is 2.69. The zero-order chi connectivity index (χ0) is 20.1. The number of carbonyl (C=O) groups excluding carboxylic acids is 1. The molecule has 0 aliphatic carbocycles. The predicted octanol–water partition coefficient (Wildman–Crippen LogP) is 3.43. The molecule has 0 radical (unpaired) electrons. The van der Waals surface area contributed by atoms with Crippen LogP contribution in [0.3, 0.4) is 0 Å². The van der Waals surface area contributed by atoms with Crippen LogP contribution in [0.15, 0.2) is 77.7 Å². The Kier molecular flexibility index (Phi) is 5.65. The molecule has 0 saturated heterocycles. The number of aryl methyl sites for hydroxylation is 1. The van der Waals surface area contributed by atoms with Crippen LogP contribution >= 0.6 is 0 Å². The van der Waals surface area contributed by atoms with Gasteiger partial charge in [-0.15, -0.1) is 0 Å². The number of sulfonamides is 1. The summed E-state index contributed by atoms with van der Waals surface area (Å²) in [5.74, 6) is -0.259. The van der Waals surface area contributed by atoms with Gasteiger partial charge in [0, 0.05) is 17.7 Å². The summed E-state index contributed by atoms with van der Waals surface area (Å²) >= 11 is 0. The standard InChI is InChI=1S/C21H20N2O4S/c1-15-6-2-4-8-19(15)23-28(26,27)18-12-10-16(11-13-18)21(25)22-14-17-7-3-5-9-20(17)24/h2-13,23-24H,14H2,1H3,(H,22,25). The molecule has 28 heavy (non-hydrogen) atoms. The van der Waals surface area contributed by atoms with Gasteiger partial charge in [-0.1, -0.05) is 36.4 Å². The maximum atomic E-state index is 12.5. The second kappa shape index (κ2) is 8.14. The van der Waals surface area contributed by atoms with E-state index in [0.29, 0.717) is 16.8 Å². The second-order valence-electron chi connectivity index (χ2n) is 6.26. The molecule has 0 unspecified atom stereocenters. The molecule has 0 bridgehead atoms. The van der Waals surface area contributed by atoms with E-state index in [1.54, 1.807) is 36.4 Å². The summed E-state index contributed by atoms with van der Waals surface area (Å²) in [7, 11) is -3.75. The van der Waals surface area contributed by atoms with Crippen LogP contribution in [0.25, 0.3) is 0 Å². The van der Waals surface area contributed by atoms with Gasteiger partial charge in [-0.3, -0.25) is 9.52 Å². The molecule has 0 atom stereocenters. The lowest BCUT2D eigenvalue weighted by Gasteiger charge is -2.11. The van der Waals surface area contributed by atoms with Crippen molar-refractivity contribution in [3.63, 3.8) is 0 Å². The number of phenols is 1. The van der Waals surface area contributed by atoms with Crippen molar-refractivity contribution >= 4 is 21.6 Å². The van der Waals surface area contributed by atoms with E-state index in [9.17, 15) is 18.3 Å². The van der Waals surface area contributed by atoms with Gasteiger partial charge in [-0.25, -0.2) is 8.42 Å². The Bertz CT molecular complexity index is 1090. The van der Waals surface area contributed by atoms with Gasteiger partial charge in [-0.05, 0) is 48.9 Å². The molecule has 0 aliphatic heterocycles. The monoisotopic (exact) mass is 396 g/mol. The maximum Gasteiger partial charge on any atom is 0.261 e. The normalized spacial score (nSPS) is 11.0. The second-order valence-corrected chi connectivity index (χ2v) is 7.94. The molecule has 0 fully saturated rings. The molecule has 1 amide bonds. The van der Waals surface area contributed by atoms with Gasteiger partial charge in [0.25, 0.3) is 15.9 Å². The van der Waals surface area contributed by atoms with E-state index in [4.69, 9.17) is 0 Å². The summed E-state index contributed by atoms with van der Waals surface area (Å²) in [4.78, 5) is 12.3. The minimum atomic E-state index is -3.75. The number of benzene rings is 3. The third kappa shape index (κ3) is 4.50. The van der Waals surface area contributed by atoms with Crippen LogP contribution in [0.5, 0.6) is 5.75 Å². The van der Waals surface area contributed by atoms with Crippen LogP contribution < -0.4 is 10.0 Å². The Morgan fingerprint density at radius 1 is 0.929 bits per heavy atom. The first kappa shape index (κ1) is 19.4. The Balaban J connectivity index is 1.69. The average molecular weight is 396 g/mol. The minimum absolute atomic E-state index is 0.0630. The number of aromatic hydroxyl groups is 1. The number of hydrogen-bond acceptors (Lipinski definition) is 4. The summed E-state index contributed by atoms with van der Waals surface area (Å²) in [6, 6.07) is 19.5. The highest BCUT2D eigenvalue weighted by atomic mass is 32.2. The van der Waals surface area contributed by atoms with Gasteiger partial charge < -0.3 is 10.4 Å². The van der Waals surface area contributed by atoms with Crippen LogP contribution in [0.4, 0.5) is 5.69 Å². The van der Waals surface area contributed by atoms with Crippen LogP contribution in [-0.2, 0) is 16.6 Å². The molecular formula is C21H20N2O4S. The molecule has 0 heterocycles. The molecule has 144 valence electrons. The van der Waals surface area contributed by atoms with Crippen molar-refractivity contribution in [1.82, 2.24) is 5.32 Å². The fourth-order valence-electron chi connectivity index (χ4n) is 2.61. The lowest BCUT2D eigenvalue weighted by Crippen LogP contribution is -2.23. The molecule has 3 aromatic rings. The molecule has 7 heteroatoms. The van der Waals surface area contributed by atoms with Gasteiger partial charge in [0.2, 0.25) is 0 Å². The number of anilines is 1. The number of amides is 1. The Morgan fingerprint density at radius 2 is 1.57 bits per heavy atom. The number of carbonyl (C=O) groups is 1. The highest BCUT2D eigenvalue weighted by Crippen LogP contribution is 2.20. The Hall–Kier alpha value is -3.32. The first-order valence-corrected chi connectivity index (χ1v) is 10.1. The number of nitrogens with one attached hydrogen (secondary N) is 2. The Morgan fingerprint density at radius 3 is 2.25 bits per heavy atom. The van der Waals surface area contributed by atoms with Crippen molar-refractivity contribution < 1.29 is 18.3 Å². The number of rotatable bonds is 6. The van der Waals surface area contributed by atoms with Gasteiger partial charge in [-0.2, -0.15) is 0 Å². The molecule has 0 aromatic heterocycles. The third-order valence-electron chi connectivity index (χ3n) is 4.25. The van der Waals surface area contributed by atoms with E-state index >= 15 is 0 Å². The maximum absolute atomic E-state index is 12.5. The smallest absolute Gasteiger partial charge is 0.261 e. The lowest BCUT2D eigenvalue weighted by molar-refractivity contribution is 0.0950. The summed E-state index contributed by atoms with van der Waals surface area (Å²) in [5, 5.41) is 12.4. The summed E-state index contributed by atoms with van der Waals surface area (Å²) in [5.41, 5.74) is 2.24. The fraction of sp³-hybridized carbons (Fsp3) is 0.0952. The molecule has 0 saturated carbocycles.